The average molecular weight is 365 g/mol. The lowest BCUT2D eigenvalue weighted by Crippen LogP contribution is -2.35. The molecule has 1 aliphatic heterocycles. The fraction of sp³-hybridized carbons (Fsp3) is 0.870. The first-order valence-electron chi connectivity index (χ1n) is 11.4. The minimum atomic E-state index is -0.382. The first-order valence-corrected chi connectivity index (χ1v) is 11.4. The van der Waals surface area contributed by atoms with Crippen LogP contribution in [0.4, 0.5) is 0 Å². The van der Waals surface area contributed by atoms with Crippen LogP contribution in [0.2, 0.25) is 0 Å². The van der Waals surface area contributed by atoms with Gasteiger partial charge in [-0.25, -0.2) is 0 Å². The van der Waals surface area contributed by atoms with Crippen LogP contribution in [0.15, 0.2) is 17.1 Å². The lowest BCUT2D eigenvalue weighted by atomic mass is 10.1. The van der Waals surface area contributed by atoms with Gasteiger partial charge in [-0.15, -0.1) is 0 Å². The van der Waals surface area contributed by atoms with Gasteiger partial charge in [0.05, 0.1) is 6.54 Å². The maximum atomic E-state index is 9.70. The van der Waals surface area contributed by atoms with Crippen molar-refractivity contribution >= 4 is 5.84 Å². The Morgan fingerprint density at radius 3 is 2.00 bits per heavy atom. The van der Waals surface area contributed by atoms with Crippen LogP contribution in [0.25, 0.3) is 0 Å². The van der Waals surface area contributed by atoms with E-state index in [0.29, 0.717) is 0 Å². The minimum Gasteiger partial charge on any atom is -0.374 e. The highest BCUT2D eigenvalue weighted by Gasteiger charge is 2.19. The third-order valence-corrected chi connectivity index (χ3v) is 5.33. The number of hydrogen-bond acceptors (Lipinski definition) is 3. The van der Waals surface area contributed by atoms with E-state index in [2.05, 4.69) is 24.1 Å². The van der Waals surface area contributed by atoms with Crippen molar-refractivity contribution in [3.8, 4) is 0 Å². The second kappa shape index (κ2) is 16.4. The largest absolute Gasteiger partial charge is 0.374 e. The van der Waals surface area contributed by atoms with E-state index in [0.717, 1.165) is 25.3 Å². The van der Waals surface area contributed by atoms with Gasteiger partial charge in [-0.3, -0.25) is 4.99 Å². The number of hydrogen-bond donors (Lipinski definition) is 1. The molecule has 3 nitrogen and oxygen atoms in total. The Kier molecular flexibility index (Phi) is 14.6. The molecule has 0 bridgehead atoms. The summed E-state index contributed by atoms with van der Waals surface area (Å²) >= 11 is 0. The molecule has 0 aromatic rings. The summed E-state index contributed by atoms with van der Waals surface area (Å²) in [6, 6.07) is 0. The maximum Gasteiger partial charge on any atom is 0.125 e. The van der Waals surface area contributed by atoms with Gasteiger partial charge < -0.3 is 10.0 Å². The molecule has 0 spiro atoms. The monoisotopic (exact) mass is 364 g/mol. The Balaban J connectivity index is 1.80. The second-order valence-corrected chi connectivity index (χ2v) is 7.81. The Morgan fingerprint density at radius 1 is 0.885 bits per heavy atom. The van der Waals surface area contributed by atoms with Crippen molar-refractivity contribution in [2.75, 3.05) is 13.1 Å². The molecule has 1 heterocycles. The van der Waals surface area contributed by atoms with Gasteiger partial charge in [0.25, 0.3) is 0 Å². The van der Waals surface area contributed by atoms with Crippen LogP contribution >= 0.6 is 0 Å². The lowest BCUT2D eigenvalue weighted by molar-refractivity contribution is 0.0766. The van der Waals surface area contributed by atoms with E-state index in [9.17, 15) is 5.11 Å². The van der Waals surface area contributed by atoms with Gasteiger partial charge in [-0.1, -0.05) is 76.9 Å². The molecule has 3 heteroatoms. The highest BCUT2D eigenvalue weighted by Crippen LogP contribution is 2.14. The van der Waals surface area contributed by atoms with E-state index in [1.54, 1.807) is 0 Å². The van der Waals surface area contributed by atoms with E-state index >= 15 is 0 Å². The normalized spacial score (nSPS) is 15.8. The molecule has 0 aliphatic carbocycles. The van der Waals surface area contributed by atoms with E-state index in [1.807, 2.05) is 11.8 Å². The van der Waals surface area contributed by atoms with Crippen molar-refractivity contribution in [3.05, 3.63) is 12.2 Å². The predicted molar refractivity (Wildman–Crippen MR) is 115 cm³/mol. The molecule has 26 heavy (non-hydrogen) atoms. The number of rotatable bonds is 17. The summed E-state index contributed by atoms with van der Waals surface area (Å²) in [6.07, 6.45) is 24.3. The highest BCUT2D eigenvalue weighted by molar-refractivity contribution is 5.83. The van der Waals surface area contributed by atoms with Crippen LogP contribution in [-0.2, 0) is 0 Å². The number of nitrogens with zero attached hydrogens (tertiary/aromatic N) is 2. The summed E-state index contributed by atoms with van der Waals surface area (Å²) in [5.74, 6) is 1.12. The predicted octanol–water partition coefficient (Wildman–Crippen LogP) is 6.47. The summed E-state index contributed by atoms with van der Waals surface area (Å²) in [6.45, 7) is 5.85. The van der Waals surface area contributed by atoms with Crippen molar-refractivity contribution in [2.24, 2.45) is 4.99 Å². The fourth-order valence-corrected chi connectivity index (χ4v) is 3.66. The van der Waals surface area contributed by atoms with Crippen LogP contribution < -0.4 is 0 Å². The standard InChI is InChI=1S/C23H44N2O/c1-3-4-5-6-7-8-9-10-11-12-13-14-15-16-17-18-19-23-24-20-21-25(23)22(2)26/h8-9,22,26H,3-7,10-21H2,1-2H3/b9-8+. The third kappa shape index (κ3) is 11.7. The zero-order valence-electron chi connectivity index (χ0n) is 17.6. The first kappa shape index (κ1) is 23.2. The van der Waals surface area contributed by atoms with E-state index in [4.69, 9.17) is 0 Å². The van der Waals surface area contributed by atoms with Crippen LogP contribution in [0.3, 0.4) is 0 Å². The van der Waals surface area contributed by atoms with Gasteiger partial charge in [-0.05, 0) is 39.0 Å². The number of unbranched alkanes of at least 4 members (excludes halogenated alkanes) is 12. The molecule has 0 aromatic carbocycles. The second-order valence-electron chi connectivity index (χ2n) is 7.81. The third-order valence-electron chi connectivity index (χ3n) is 5.33. The van der Waals surface area contributed by atoms with Crippen LogP contribution in [0, 0.1) is 0 Å². The zero-order valence-corrected chi connectivity index (χ0v) is 17.6. The summed E-state index contributed by atoms with van der Waals surface area (Å²) < 4.78 is 0. The molecule has 1 unspecified atom stereocenters. The SMILES string of the molecule is CCCCCC/C=C/CCCCCCCCCCC1=NCCN1C(C)O. The van der Waals surface area contributed by atoms with Crippen LogP contribution in [0.5, 0.6) is 0 Å². The number of aliphatic hydroxyl groups is 1. The zero-order chi connectivity index (χ0) is 18.9. The topological polar surface area (TPSA) is 35.8 Å². The van der Waals surface area contributed by atoms with Gasteiger partial charge in [0.2, 0.25) is 0 Å². The number of aliphatic imine (C=N–C) groups is 1. The summed E-state index contributed by atoms with van der Waals surface area (Å²) in [5.41, 5.74) is 0. The molecular weight excluding hydrogens is 320 g/mol. The van der Waals surface area contributed by atoms with Gasteiger partial charge in [-0.2, -0.15) is 0 Å². The molecule has 1 rings (SSSR count). The van der Waals surface area contributed by atoms with E-state index in [1.165, 1.54) is 89.9 Å². The summed E-state index contributed by atoms with van der Waals surface area (Å²) in [4.78, 5) is 6.56. The van der Waals surface area contributed by atoms with Crippen molar-refractivity contribution in [3.63, 3.8) is 0 Å². The number of allylic oxidation sites excluding steroid dienone is 2. The molecule has 0 amide bonds. The van der Waals surface area contributed by atoms with Gasteiger partial charge in [0, 0.05) is 13.0 Å². The quantitative estimate of drug-likeness (QED) is 0.237. The van der Waals surface area contributed by atoms with Crippen molar-refractivity contribution in [1.82, 2.24) is 4.90 Å². The molecule has 0 aromatic heterocycles. The average Bonchev–Trinajstić information content (AvgIpc) is 3.10. The molecule has 152 valence electrons. The number of amidine groups is 1. The van der Waals surface area contributed by atoms with Crippen molar-refractivity contribution in [2.45, 2.75) is 116 Å². The molecule has 1 atom stereocenters. The molecule has 1 aliphatic rings. The van der Waals surface area contributed by atoms with E-state index < -0.39 is 0 Å². The molecule has 0 fully saturated rings. The smallest absolute Gasteiger partial charge is 0.125 e. The first-order chi connectivity index (χ1) is 12.8. The van der Waals surface area contributed by atoms with Crippen LogP contribution in [0.1, 0.15) is 110 Å². The summed E-state index contributed by atoms with van der Waals surface area (Å²) in [5, 5.41) is 9.70. The molecule has 0 saturated heterocycles. The lowest BCUT2D eigenvalue weighted by Gasteiger charge is -2.23. The van der Waals surface area contributed by atoms with E-state index in [-0.39, 0.29) is 6.23 Å². The van der Waals surface area contributed by atoms with Crippen molar-refractivity contribution in [1.29, 1.82) is 0 Å². The van der Waals surface area contributed by atoms with Crippen LogP contribution in [-0.4, -0.2) is 35.2 Å². The Labute approximate surface area is 163 Å². The van der Waals surface area contributed by atoms with Gasteiger partial charge in [0.1, 0.15) is 12.1 Å². The van der Waals surface area contributed by atoms with Gasteiger partial charge >= 0.3 is 0 Å². The summed E-state index contributed by atoms with van der Waals surface area (Å²) in [7, 11) is 0. The Bertz CT molecular complexity index is 376. The Hall–Kier alpha value is -0.830. The molecule has 1 N–H and O–H groups in total. The van der Waals surface area contributed by atoms with Gasteiger partial charge in [0.15, 0.2) is 0 Å². The Morgan fingerprint density at radius 2 is 1.42 bits per heavy atom. The highest BCUT2D eigenvalue weighted by atomic mass is 16.3. The minimum absolute atomic E-state index is 0.382. The molecule has 0 radical (unpaired) electrons. The maximum absolute atomic E-state index is 9.70. The van der Waals surface area contributed by atoms with Crippen molar-refractivity contribution < 1.29 is 5.11 Å². The molecule has 0 saturated carbocycles. The fourth-order valence-electron chi connectivity index (χ4n) is 3.66. The number of aliphatic hydroxyl groups excluding tert-OH is 1. The molecular formula is C23H44N2O.